The molecule has 0 spiro atoms. The summed E-state index contributed by atoms with van der Waals surface area (Å²) in [4.78, 5) is 26.2. The lowest BCUT2D eigenvalue weighted by Gasteiger charge is -2.21. The van der Waals surface area contributed by atoms with Gasteiger partial charge in [-0.15, -0.1) is 0 Å². The molecule has 3 aromatic rings. The molecule has 11 heteroatoms. The molecule has 41 heavy (non-hydrogen) atoms. The monoisotopic (exact) mass is 663 g/mol. The molecule has 0 bridgehead atoms. The number of carbonyl (C=O) groups is 2. The molecule has 0 fully saturated rings. The first-order valence-electron chi connectivity index (χ1n) is 13.0. The standard InChI is InChI=1S/C30H32BrCl2N3O5/c1-5-39-27-15-21(13-23(31)28(27)40-18(2)3)17-34-36-30(38)25(14-20-9-7-6-8-10-20)35-29(37)19(4)41-26-12-11-22(32)16-24(26)33/h6-13,15-19,25H,5,14H2,1-4H3,(H,35,37)(H,36,38)/b34-17-/t19-,25-/m0/s1. The molecule has 3 aromatic carbocycles. The Morgan fingerprint density at radius 2 is 1.71 bits per heavy atom. The number of ether oxygens (including phenoxy) is 3. The van der Waals surface area contributed by atoms with Gasteiger partial charge in [0.05, 0.1) is 28.4 Å². The lowest BCUT2D eigenvalue weighted by Crippen LogP contribution is -2.50. The Labute approximate surface area is 258 Å². The van der Waals surface area contributed by atoms with Gasteiger partial charge in [0.15, 0.2) is 17.6 Å². The largest absolute Gasteiger partial charge is 0.490 e. The summed E-state index contributed by atoms with van der Waals surface area (Å²) in [5, 5.41) is 7.60. The molecule has 0 aliphatic carbocycles. The molecule has 3 rings (SSSR count). The number of hydrogen-bond acceptors (Lipinski definition) is 6. The smallest absolute Gasteiger partial charge is 0.262 e. The van der Waals surface area contributed by atoms with E-state index in [-0.39, 0.29) is 17.5 Å². The number of benzene rings is 3. The van der Waals surface area contributed by atoms with Gasteiger partial charge in [-0.05, 0) is 85.1 Å². The van der Waals surface area contributed by atoms with E-state index < -0.39 is 24.0 Å². The fourth-order valence-corrected chi connectivity index (χ4v) is 4.69. The molecule has 0 unspecified atom stereocenters. The molecule has 2 amide bonds. The molecular weight excluding hydrogens is 633 g/mol. The van der Waals surface area contributed by atoms with Crippen molar-refractivity contribution in [2.45, 2.75) is 52.4 Å². The molecular formula is C30H32BrCl2N3O5. The van der Waals surface area contributed by atoms with Crippen molar-refractivity contribution in [3.8, 4) is 17.2 Å². The summed E-state index contributed by atoms with van der Waals surface area (Å²) >= 11 is 15.6. The van der Waals surface area contributed by atoms with Crippen molar-refractivity contribution in [3.05, 3.63) is 86.3 Å². The SMILES string of the molecule is CCOc1cc(/C=N\NC(=O)[C@H](Cc2ccccc2)NC(=O)[C@H](C)Oc2ccc(Cl)cc2Cl)cc(Br)c1OC(C)C. The maximum absolute atomic E-state index is 13.2. The summed E-state index contributed by atoms with van der Waals surface area (Å²) in [6.07, 6.45) is 0.741. The first kappa shape index (κ1) is 32.2. The molecule has 2 atom stereocenters. The predicted molar refractivity (Wildman–Crippen MR) is 165 cm³/mol. The molecule has 218 valence electrons. The van der Waals surface area contributed by atoms with E-state index in [0.717, 1.165) is 5.56 Å². The molecule has 0 aliphatic rings. The highest BCUT2D eigenvalue weighted by molar-refractivity contribution is 9.10. The van der Waals surface area contributed by atoms with Crippen molar-refractivity contribution in [2.75, 3.05) is 6.61 Å². The van der Waals surface area contributed by atoms with Gasteiger partial charge in [-0.2, -0.15) is 5.10 Å². The lowest BCUT2D eigenvalue weighted by atomic mass is 10.1. The Kier molecular flexibility index (Phi) is 12.3. The van der Waals surface area contributed by atoms with Gasteiger partial charge in [0.25, 0.3) is 11.8 Å². The summed E-state index contributed by atoms with van der Waals surface area (Å²) in [7, 11) is 0. The Morgan fingerprint density at radius 1 is 0.976 bits per heavy atom. The number of rotatable bonds is 13. The second-order valence-corrected chi connectivity index (χ2v) is 10.9. The zero-order valence-electron chi connectivity index (χ0n) is 23.1. The van der Waals surface area contributed by atoms with Gasteiger partial charge < -0.3 is 19.5 Å². The quantitative estimate of drug-likeness (QED) is 0.159. The van der Waals surface area contributed by atoms with Gasteiger partial charge in [0, 0.05) is 11.4 Å². The first-order chi connectivity index (χ1) is 19.6. The highest BCUT2D eigenvalue weighted by Gasteiger charge is 2.25. The molecule has 0 saturated carbocycles. The molecule has 0 saturated heterocycles. The van der Waals surface area contributed by atoms with Crippen molar-refractivity contribution in [1.29, 1.82) is 0 Å². The number of amides is 2. The topological polar surface area (TPSA) is 98.2 Å². The van der Waals surface area contributed by atoms with Gasteiger partial charge in [-0.1, -0.05) is 53.5 Å². The fraction of sp³-hybridized carbons (Fsp3) is 0.300. The Bertz CT molecular complexity index is 1370. The van der Waals surface area contributed by atoms with Gasteiger partial charge in [0.2, 0.25) is 0 Å². The number of hydrogen-bond donors (Lipinski definition) is 2. The van der Waals surface area contributed by atoms with Crippen molar-refractivity contribution < 1.29 is 23.8 Å². The number of nitrogens with one attached hydrogen (secondary N) is 2. The second kappa shape index (κ2) is 15.7. The van der Waals surface area contributed by atoms with Crippen LogP contribution in [0.2, 0.25) is 10.0 Å². The first-order valence-corrected chi connectivity index (χ1v) is 14.5. The summed E-state index contributed by atoms with van der Waals surface area (Å²) in [5.74, 6) is 0.438. The molecule has 0 aliphatic heterocycles. The molecule has 0 aromatic heterocycles. The van der Waals surface area contributed by atoms with E-state index in [1.165, 1.54) is 12.3 Å². The third-order valence-corrected chi connectivity index (χ3v) is 6.68. The lowest BCUT2D eigenvalue weighted by molar-refractivity contribution is -0.132. The fourth-order valence-electron chi connectivity index (χ4n) is 3.69. The van der Waals surface area contributed by atoms with Gasteiger partial charge in [-0.25, -0.2) is 5.43 Å². The van der Waals surface area contributed by atoms with E-state index in [1.807, 2.05) is 51.1 Å². The average Bonchev–Trinajstić information content (AvgIpc) is 2.92. The summed E-state index contributed by atoms with van der Waals surface area (Å²) in [6.45, 7) is 7.75. The van der Waals surface area contributed by atoms with E-state index in [2.05, 4.69) is 31.8 Å². The van der Waals surface area contributed by atoms with Gasteiger partial charge >= 0.3 is 0 Å². The van der Waals surface area contributed by atoms with Crippen molar-refractivity contribution in [1.82, 2.24) is 10.7 Å². The number of hydrazone groups is 1. The normalized spacial score (nSPS) is 12.6. The second-order valence-electron chi connectivity index (χ2n) is 9.25. The molecule has 0 radical (unpaired) electrons. The van der Waals surface area contributed by atoms with Crippen LogP contribution in [0.25, 0.3) is 0 Å². The maximum atomic E-state index is 13.2. The van der Waals surface area contributed by atoms with Crippen molar-refractivity contribution in [3.63, 3.8) is 0 Å². The van der Waals surface area contributed by atoms with E-state index >= 15 is 0 Å². The van der Waals surface area contributed by atoms with Crippen LogP contribution in [-0.2, 0) is 16.0 Å². The number of carbonyl (C=O) groups excluding carboxylic acids is 2. The highest BCUT2D eigenvalue weighted by atomic mass is 79.9. The minimum absolute atomic E-state index is 0.0441. The van der Waals surface area contributed by atoms with E-state index in [0.29, 0.717) is 38.9 Å². The van der Waals surface area contributed by atoms with E-state index in [1.54, 1.807) is 31.2 Å². The van der Waals surface area contributed by atoms with Crippen LogP contribution in [0.15, 0.2) is 70.2 Å². The van der Waals surface area contributed by atoms with Gasteiger partial charge in [-0.3, -0.25) is 9.59 Å². The van der Waals surface area contributed by atoms with Crippen LogP contribution in [0.5, 0.6) is 17.2 Å². The molecule has 8 nitrogen and oxygen atoms in total. The number of nitrogens with zero attached hydrogens (tertiary/aromatic N) is 1. The summed E-state index contributed by atoms with van der Waals surface area (Å²) in [6, 6.07) is 16.7. The van der Waals surface area contributed by atoms with E-state index in [9.17, 15) is 9.59 Å². The van der Waals surface area contributed by atoms with Crippen LogP contribution in [-0.4, -0.2) is 42.9 Å². The van der Waals surface area contributed by atoms with Crippen LogP contribution >= 0.6 is 39.1 Å². The summed E-state index contributed by atoms with van der Waals surface area (Å²) in [5.41, 5.74) is 4.06. The van der Waals surface area contributed by atoms with Crippen LogP contribution < -0.4 is 25.0 Å². The average molecular weight is 665 g/mol. The predicted octanol–water partition coefficient (Wildman–Crippen LogP) is 6.59. The van der Waals surface area contributed by atoms with Crippen LogP contribution in [0.1, 0.15) is 38.8 Å². The van der Waals surface area contributed by atoms with Crippen molar-refractivity contribution in [2.24, 2.45) is 5.10 Å². The Hall–Kier alpha value is -3.27. The van der Waals surface area contributed by atoms with Gasteiger partial charge in [0.1, 0.15) is 11.8 Å². The van der Waals surface area contributed by atoms with Crippen LogP contribution in [0, 0.1) is 0 Å². The molecule has 0 heterocycles. The zero-order chi connectivity index (χ0) is 29.9. The molecule has 2 N–H and O–H groups in total. The van der Waals surface area contributed by atoms with Crippen molar-refractivity contribution >= 4 is 57.2 Å². The zero-order valence-corrected chi connectivity index (χ0v) is 26.2. The Balaban J connectivity index is 1.74. The van der Waals surface area contributed by atoms with Crippen LogP contribution in [0.4, 0.5) is 0 Å². The highest BCUT2D eigenvalue weighted by Crippen LogP contribution is 2.37. The minimum Gasteiger partial charge on any atom is -0.490 e. The minimum atomic E-state index is -0.941. The maximum Gasteiger partial charge on any atom is 0.262 e. The number of halogens is 3. The third-order valence-electron chi connectivity index (χ3n) is 5.56. The Morgan fingerprint density at radius 3 is 2.37 bits per heavy atom. The third kappa shape index (κ3) is 9.95. The van der Waals surface area contributed by atoms with Crippen LogP contribution in [0.3, 0.4) is 0 Å². The summed E-state index contributed by atoms with van der Waals surface area (Å²) < 4.78 is 18.0. The van der Waals surface area contributed by atoms with E-state index in [4.69, 9.17) is 37.4 Å².